The molecule has 0 saturated carbocycles. The number of aromatic hydroxyl groups is 1. The number of aryl methyl sites for hydroxylation is 1. The summed E-state index contributed by atoms with van der Waals surface area (Å²) < 4.78 is 23.4. The van der Waals surface area contributed by atoms with Crippen LogP contribution in [0.2, 0.25) is 0 Å². The molecule has 576 valence electrons. The molecule has 5 aliphatic rings. The monoisotopic (exact) mass is 1500 g/mol. The molecule has 31 nitrogen and oxygen atoms in total. The summed E-state index contributed by atoms with van der Waals surface area (Å²) >= 11 is 1.57. The summed E-state index contributed by atoms with van der Waals surface area (Å²) in [5.41, 5.74) is 12.6. The van der Waals surface area contributed by atoms with E-state index in [0.717, 1.165) is 65.6 Å². The highest BCUT2D eigenvalue weighted by Crippen LogP contribution is 2.40. The summed E-state index contributed by atoms with van der Waals surface area (Å²) in [6.45, 7) is 17.0. The number of thiazole rings is 1. The molecule has 3 fully saturated rings. The van der Waals surface area contributed by atoms with E-state index in [0.29, 0.717) is 71.9 Å². The third-order valence-electron chi connectivity index (χ3n) is 20.2. The summed E-state index contributed by atoms with van der Waals surface area (Å²) in [7, 11) is 0. The Kier molecular flexibility index (Phi) is 26.6. The second-order valence-corrected chi connectivity index (χ2v) is 29.5. The maximum Gasteiger partial charge on any atom is 0.415 e. The number of likely N-dealkylation sites (tertiary alicyclic amines) is 2. The van der Waals surface area contributed by atoms with Crippen molar-refractivity contribution in [1.29, 1.82) is 0 Å². The molecular formula is C76H96N16O15S. The van der Waals surface area contributed by atoms with E-state index in [-0.39, 0.29) is 113 Å². The van der Waals surface area contributed by atoms with Crippen molar-refractivity contribution in [1.82, 2.24) is 61.2 Å². The molecule has 32 heteroatoms. The number of carbonyl (C=O) groups is 9. The van der Waals surface area contributed by atoms with Crippen molar-refractivity contribution >= 4 is 82.0 Å². The number of piperazine rings is 1. The molecule has 8 heterocycles. The predicted molar refractivity (Wildman–Crippen MR) is 400 cm³/mol. The molecule has 0 aliphatic carbocycles. The van der Waals surface area contributed by atoms with Gasteiger partial charge in [0, 0.05) is 88.1 Å². The second kappa shape index (κ2) is 36.5. The van der Waals surface area contributed by atoms with Gasteiger partial charge in [-0.15, -0.1) is 21.5 Å². The molecule has 0 unspecified atom stereocenters. The van der Waals surface area contributed by atoms with E-state index < -0.39 is 77.7 Å². The Labute approximate surface area is 630 Å². The van der Waals surface area contributed by atoms with Gasteiger partial charge in [0.1, 0.15) is 43.0 Å². The number of hydrogen-bond acceptors (Lipinski definition) is 23. The van der Waals surface area contributed by atoms with Crippen LogP contribution in [0, 0.1) is 24.7 Å². The van der Waals surface area contributed by atoms with Crippen molar-refractivity contribution in [3.05, 3.63) is 125 Å². The number of imide groups is 1. The Hall–Kier alpha value is -10.4. The number of nitrogens with one attached hydrogen (secondary N) is 5. The highest BCUT2D eigenvalue weighted by atomic mass is 32.1. The zero-order valence-corrected chi connectivity index (χ0v) is 62.4. The van der Waals surface area contributed by atoms with E-state index >= 15 is 0 Å². The summed E-state index contributed by atoms with van der Waals surface area (Å²) in [4.78, 5) is 135. The first kappa shape index (κ1) is 78.7. The molecule has 0 radical (unpaired) electrons. The molecule has 9 N–H and O–H groups in total. The fourth-order valence-corrected chi connectivity index (χ4v) is 15.1. The number of ether oxygens (including phenoxy) is 3. The standard InChI is InChI=1S/C76H96N16O15S/c1-45(2)67(74(101)91-42-55(93)36-60(91)72(99)80-47(5)51-15-17-52(18-16-51)69-48(6)79-44-108-69)62-38-64(86-107-62)105-35-31-87-27-23-49(24-28-87)39-88-29-30-89-54(40-88)41-92(70-59(89)37-58(84-85-70)56-10-7-8-12-61(56)94)76(103)106-43-50-13-19-53(20-14-50)81-71(98)57(11-9-26-78-75(77)102)82-73(100)68(46(3)4)83-63(95)25-33-104-34-32-90-65(96)21-22-66(90)97/h7-8,10,12-22,37-38,44-47,49,54-55,57,60,67-68,93-94H,9,11,23-36,39-43H2,1-6H3,(H,80,99)(H,81,98)(H,82,100)(H,83,95)(H3,77,78,102)/t47-,54+,55+,57-,60-,67+,68-/m0/s1. The first-order valence-corrected chi connectivity index (χ1v) is 37.7. The number of hydrogen-bond donors (Lipinski definition) is 8. The SMILES string of the molecule is Cc1ncsc1-c1ccc([C@H](C)NC(=O)[C@@H]2C[C@@H](O)CN2C(=O)[C@@H](c2cc(OCCN3CCC(CN4CCN5c6cc(-c7ccccc7O)nnc6N(C(=O)OCc6ccc(NC(=O)[C@H](CCCNC(N)=O)NC(=O)[C@@H](NC(=O)CCOCCN7C(=O)C=CC7=O)C(C)C)cc6)C[C@H]5C4)CC3)no2)C(C)C)cc1. The quantitative estimate of drug-likeness (QED) is 0.0187. The van der Waals surface area contributed by atoms with E-state index in [9.17, 15) is 53.4 Å². The van der Waals surface area contributed by atoms with Crippen LogP contribution >= 0.6 is 11.3 Å². The Morgan fingerprint density at radius 1 is 0.796 bits per heavy atom. The minimum Gasteiger partial charge on any atom is -0.507 e. The van der Waals surface area contributed by atoms with Crippen LogP contribution in [0.25, 0.3) is 21.7 Å². The first-order chi connectivity index (χ1) is 51.9. The highest BCUT2D eigenvalue weighted by molar-refractivity contribution is 7.13. The number of β-amino-alcohol motifs (C(OH)–C–C–N with tert-alkyl or cyclic N) is 1. The summed E-state index contributed by atoms with van der Waals surface area (Å²) in [6, 6.07) is 20.7. The van der Waals surface area contributed by atoms with Gasteiger partial charge in [-0.25, -0.2) is 14.6 Å². The third-order valence-corrected chi connectivity index (χ3v) is 21.2. The van der Waals surface area contributed by atoms with E-state index in [2.05, 4.69) is 61.6 Å². The lowest BCUT2D eigenvalue weighted by Gasteiger charge is -2.48. The van der Waals surface area contributed by atoms with E-state index in [1.807, 2.05) is 63.5 Å². The summed E-state index contributed by atoms with van der Waals surface area (Å²) in [5.74, 6) is -3.34. The minimum atomic E-state index is -1.12. The molecule has 0 bridgehead atoms. The Balaban J connectivity index is 0.649. The van der Waals surface area contributed by atoms with Gasteiger partial charge >= 0.3 is 12.1 Å². The largest absolute Gasteiger partial charge is 0.507 e. The summed E-state index contributed by atoms with van der Waals surface area (Å²) in [5, 5.41) is 48.8. The van der Waals surface area contributed by atoms with Crippen LogP contribution in [0.4, 0.5) is 26.8 Å². The highest BCUT2D eigenvalue weighted by Gasteiger charge is 2.45. The topological polar surface area (TPSA) is 392 Å². The van der Waals surface area contributed by atoms with Crippen LogP contribution in [0.15, 0.2) is 107 Å². The molecule has 0 spiro atoms. The third kappa shape index (κ3) is 20.0. The molecule has 3 aromatic carbocycles. The maximum atomic E-state index is 14.4. The van der Waals surface area contributed by atoms with Crippen molar-refractivity contribution in [2.24, 2.45) is 23.5 Å². The van der Waals surface area contributed by atoms with Gasteiger partial charge < -0.3 is 71.1 Å². The van der Waals surface area contributed by atoms with E-state index in [1.54, 1.807) is 79.8 Å². The molecular weight excluding hydrogens is 1410 g/mol. The minimum absolute atomic E-state index is 0.0112. The van der Waals surface area contributed by atoms with Crippen LogP contribution in [-0.2, 0) is 49.6 Å². The molecule has 3 aromatic heterocycles. The number of piperidine rings is 1. The average molecular weight is 1510 g/mol. The normalized spacial score (nSPS) is 18.7. The van der Waals surface area contributed by atoms with Crippen LogP contribution in [-0.4, -0.2) is 226 Å². The number of carbonyl (C=O) groups excluding carboxylic acids is 9. The van der Waals surface area contributed by atoms with Crippen LogP contribution in [0.5, 0.6) is 11.6 Å². The van der Waals surface area contributed by atoms with Gasteiger partial charge in [-0.1, -0.05) is 76.2 Å². The molecule has 11 rings (SSSR count). The molecule has 5 aliphatic heterocycles. The number of aliphatic hydroxyl groups excluding tert-OH is 1. The number of rotatable bonds is 32. The lowest BCUT2D eigenvalue weighted by molar-refractivity contribution is -0.141. The number of anilines is 3. The van der Waals surface area contributed by atoms with E-state index in [4.69, 9.17) is 24.5 Å². The fraction of sp³-hybridized carbons (Fsp3) is 0.487. The number of aromatic nitrogens is 4. The Morgan fingerprint density at radius 3 is 2.25 bits per heavy atom. The number of phenols is 1. The van der Waals surface area contributed by atoms with Gasteiger partial charge in [0.25, 0.3) is 17.7 Å². The van der Waals surface area contributed by atoms with Gasteiger partial charge in [0.15, 0.2) is 11.6 Å². The smallest absolute Gasteiger partial charge is 0.415 e. The number of para-hydroxylation sites is 1. The molecule has 7 atom stereocenters. The number of benzene rings is 3. The van der Waals surface area contributed by atoms with Crippen LogP contribution < -0.4 is 46.9 Å². The number of fused-ring (bicyclic) bond motifs is 3. The molecule has 108 heavy (non-hydrogen) atoms. The van der Waals surface area contributed by atoms with Crippen LogP contribution in [0.3, 0.4) is 0 Å². The van der Waals surface area contributed by atoms with Crippen molar-refractivity contribution in [2.45, 2.75) is 129 Å². The number of primary amides is 1. The van der Waals surface area contributed by atoms with Crippen molar-refractivity contribution in [2.75, 3.05) is 107 Å². The lowest BCUT2D eigenvalue weighted by Crippen LogP contribution is -2.61. The number of nitrogens with zero attached hydrogens (tertiary/aromatic N) is 10. The Morgan fingerprint density at radius 2 is 1.55 bits per heavy atom. The average Bonchev–Trinajstić information content (AvgIpc) is 1.10. The maximum absolute atomic E-state index is 14.4. The van der Waals surface area contributed by atoms with Gasteiger partial charge in [0.2, 0.25) is 29.5 Å². The lowest BCUT2D eigenvalue weighted by atomic mass is 9.91. The Bertz CT molecular complexity index is 4190. The predicted octanol–water partition coefficient (Wildman–Crippen LogP) is 5.63. The van der Waals surface area contributed by atoms with E-state index in [1.165, 1.54) is 22.0 Å². The number of aliphatic hydroxyl groups is 1. The zero-order chi connectivity index (χ0) is 76.7. The molecule has 3 saturated heterocycles. The summed E-state index contributed by atoms with van der Waals surface area (Å²) in [6.07, 6.45) is 3.07. The number of phenolic OH excluding ortho intramolecular Hbond substituents is 1. The van der Waals surface area contributed by atoms with Gasteiger partial charge in [-0.05, 0) is 123 Å². The second-order valence-electron chi connectivity index (χ2n) is 28.7. The van der Waals surface area contributed by atoms with Crippen molar-refractivity contribution in [3.63, 3.8) is 0 Å². The fourth-order valence-electron chi connectivity index (χ4n) is 14.3. The van der Waals surface area contributed by atoms with Crippen molar-refractivity contribution in [3.8, 4) is 33.3 Å². The number of urea groups is 1. The van der Waals surface area contributed by atoms with Gasteiger partial charge in [-0.2, -0.15) is 0 Å². The van der Waals surface area contributed by atoms with Gasteiger partial charge in [0.05, 0.1) is 72.0 Å². The number of amides is 10. The molecule has 10 amide bonds. The van der Waals surface area contributed by atoms with Crippen LogP contribution in [0.1, 0.15) is 108 Å². The molecule has 6 aromatic rings. The number of nitrogens with two attached hydrogens (primary N) is 1. The van der Waals surface area contributed by atoms with Crippen molar-refractivity contribution < 1.29 is 72.1 Å². The van der Waals surface area contributed by atoms with Gasteiger partial charge in [-0.3, -0.25) is 53.2 Å². The first-order valence-electron chi connectivity index (χ1n) is 36.8. The zero-order valence-electron chi connectivity index (χ0n) is 61.6.